The maximum absolute atomic E-state index is 12.0. The Kier molecular flexibility index (Phi) is 5.32. The molecule has 0 radical (unpaired) electrons. The van der Waals surface area contributed by atoms with E-state index in [4.69, 9.17) is 5.73 Å². The van der Waals surface area contributed by atoms with Crippen LogP contribution in [0.1, 0.15) is 13.8 Å². The van der Waals surface area contributed by atoms with Crippen molar-refractivity contribution in [3.05, 3.63) is 18.2 Å². The average molecular weight is 316 g/mol. The number of sulfone groups is 1. The van der Waals surface area contributed by atoms with E-state index in [9.17, 15) is 23.4 Å². The standard InChI is InChI=1S/C13H20N2O5S/c1-3-21(19,20)10-6-4-5-9(11(10)14)15-12(18)13(2,7-16)8-17/h4-6,16-17H,3,7-8,14H2,1-2H3,(H,15,18). The minimum atomic E-state index is -3.51. The molecule has 1 rings (SSSR count). The lowest BCUT2D eigenvalue weighted by Gasteiger charge is -2.24. The fraction of sp³-hybridized carbons (Fsp3) is 0.462. The van der Waals surface area contributed by atoms with E-state index in [0.717, 1.165) is 0 Å². The van der Waals surface area contributed by atoms with Crippen LogP contribution < -0.4 is 11.1 Å². The van der Waals surface area contributed by atoms with E-state index in [1.165, 1.54) is 32.0 Å². The zero-order valence-electron chi connectivity index (χ0n) is 12.0. The summed E-state index contributed by atoms with van der Waals surface area (Å²) in [5.74, 6) is -0.759. The van der Waals surface area contributed by atoms with Crippen molar-refractivity contribution in [3.8, 4) is 0 Å². The molecule has 0 unspecified atom stereocenters. The number of nitrogens with one attached hydrogen (secondary N) is 1. The quantitative estimate of drug-likeness (QED) is 0.546. The lowest BCUT2D eigenvalue weighted by Crippen LogP contribution is -2.40. The lowest BCUT2D eigenvalue weighted by molar-refractivity contribution is -0.129. The van der Waals surface area contributed by atoms with E-state index >= 15 is 0 Å². The first kappa shape index (κ1) is 17.4. The van der Waals surface area contributed by atoms with Gasteiger partial charge in [-0.3, -0.25) is 4.79 Å². The van der Waals surface area contributed by atoms with Crippen LogP contribution >= 0.6 is 0 Å². The van der Waals surface area contributed by atoms with E-state index in [-0.39, 0.29) is 22.0 Å². The zero-order valence-corrected chi connectivity index (χ0v) is 12.8. The Morgan fingerprint density at radius 1 is 1.33 bits per heavy atom. The largest absolute Gasteiger partial charge is 0.396 e. The molecule has 21 heavy (non-hydrogen) atoms. The van der Waals surface area contributed by atoms with Crippen LogP contribution in [0, 0.1) is 5.41 Å². The number of rotatable bonds is 6. The summed E-state index contributed by atoms with van der Waals surface area (Å²) in [6, 6.07) is 4.28. The van der Waals surface area contributed by atoms with Crippen LogP contribution in [0.3, 0.4) is 0 Å². The third kappa shape index (κ3) is 3.52. The molecular weight excluding hydrogens is 296 g/mol. The van der Waals surface area contributed by atoms with Crippen LogP contribution in [0.15, 0.2) is 23.1 Å². The minimum absolute atomic E-state index is 0.0579. The van der Waals surface area contributed by atoms with Gasteiger partial charge in [0.15, 0.2) is 9.84 Å². The molecule has 0 aliphatic rings. The highest BCUT2D eigenvalue weighted by molar-refractivity contribution is 7.91. The molecule has 0 aliphatic carbocycles. The molecule has 5 N–H and O–H groups in total. The van der Waals surface area contributed by atoms with Gasteiger partial charge < -0.3 is 21.3 Å². The summed E-state index contributed by atoms with van der Waals surface area (Å²) in [5.41, 5.74) is 4.48. The van der Waals surface area contributed by atoms with Crippen LogP contribution in [-0.4, -0.2) is 43.5 Å². The number of carbonyl (C=O) groups is 1. The van der Waals surface area contributed by atoms with E-state index in [2.05, 4.69) is 5.32 Å². The Bertz CT molecular complexity index is 623. The summed E-state index contributed by atoms with van der Waals surface area (Å²) in [5, 5.41) is 20.8. The van der Waals surface area contributed by atoms with Gasteiger partial charge in [0.2, 0.25) is 5.91 Å². The SMILES string of the molecule is CCS(=O)(=O)c1cccc(NC(=O)C(C)(CO)CO)c1N. The third-order valence-electron chi connectivity index (χ3n) is 3.28. The highest BCUT2D eigenvalue weighted by Gasteiger charge is 2.32. The first-order chi connectivity index (χ1) is 9.71. The number of aliphatic hydroxyl groups is 2. The predicted molar refractivity (Wildman–Crippen MR) is 79.5 cm³/mol. The van der Waals surface area contributed by atoms with Crippen molar-refractivity contribution < 1.29 is 23.4 Å². The molecule has 0 atom stereocenters. The molecule has 0 spiro atoms. The molecule has 1 aromatic carbocycles. The fourth-order valence-electron chi connectivity index (χ4n) is 1.55. The smallest absolute Gasteiger partial charge is 0.235 e. The summed E-state index contributed by atoms with van der Waals surface area (Å²) < 4.78 is 23.8. The summed E-state index contributed by atoms with van der Waals surface area (Å²) >= 11 is 0. The van der Waals surface area contributed by atoms with E-state index in [1.54, 1.807) is 0 Å². The molecule has 1 aromatic rings. The van der Waals surface area contributed by atoms with Crippen molar-refractivity contribution in [1.82, 2.24) is 0 Å². The Morgan fingerprint density at radius 2 is 1.90 bits per heavy atom. The van der Waals surface area contributed by atoms with Crippen molar-refractivity contribution in [2.24, 2.45) is 5.41 Å². The topological polar surface area (TPSA) is 130 Å². The molecule has 7 nitrogen and oxygen atoms in total. The number of nitrogens with two attached hydrogens (primary N) is 1. The summed E-state index contributed by atoms with van der Waals surface area (Å²) in [7, 11) is -3.51. The number of para-hydroxylation sites is 1. The number of hydrogen-bond donors (Lipinski definition) is 4. The second-order valence-corrected chi connectivity index (χ2v) is 7.20. The average Bonchev–Trinajstić information content (AvgIpc) is 2.48. The second kappa shape index (κ2) is 6.42. The molecular formula is C13H20N2O5S. The van der Waals surface area contributed by atoms with Crippen LogP contribution in [0.25, 0.3) is 0 Å². The van der Waals surface area contributed by atoms with Gasteiger partial charge in [0.05, 0.1) is 40.7 Å². The van der Waals surface area contributed by atoms with Crippen LogP contribution in [0.2, 0.25) is 0 Å². The van der Waals surface area contributed by atoms with Crippen molar-refractivity contribution in [2.75, 3.05) is 30.0 Å². The normalized spacial score (nSPS) is 12.2. The first-order valence-electron chi connectivity index (χ1n) is 6.36. The molecule has 1 amide bonds. The highest BCUT2D eigenvalue weighted by atomic mass is 32.2. The number of carbonyl (C=O) groups excluding carboxylic acids is 1. The number of anilines is 2. The molecule has 8 heteroatoms. The number of benzene rings is 1. The van der Waals surface area contributed by atoms with Gasteiger partial charge in [0, 0.05) is 0 Å². The highest BCUT2D eigenvalue weighted by Crippen LogP contribution is 2.29. The van der Waals surface area contributed by atoms with Crippen LogP contribution in [0.5, 0.6) is 0 Å². The van der Waals surface area contributed by atoms with Crippen LogP contribution in [-0.2, 0) is 14.6 Å². The molecule has 0 bridgehead atoms. The van der Waals surface area contributed by atoms with E-state index < -0.39 is 34.4 Å². The Balaban J connectivity index is 3.18. The number of aliphatic hydroxyl groups excluding tert-OH is 2. The van der Waals surface area contributed by atoms with Gasteiger partial charge in [-0.2, -0.15) is 0 Å². The number of amides is 1. The van der Waals surface area contributed by atoms with E-state index in [0.29, 0.717) is 0 Å². The molecule has 0 heterocycles. The van der Waals surface area contributed by atoms with Gasteiger partial charge in [-0.1, -0.05) is 13.0 Å². The van der Waals surface area contributed by atoms with Gasteiger partial charge in [-0.15, -0.1) is 0 Å². The first-order valence-corrected chi connectivity index (χ1v) is 8.01. The van der Waals surface area contributed by atoms with Crippen molar-refractivity contribution >= 4 is 27.1 Å². The van der Waals surface area contributed by atoms with Gasteiger partial charge in [0.1, 0.15) is 0 Å². The Labute approximate surface area is 123 Å². The van der Waals surface area contributed by atoms with Gasteiger partial charge >= 0.3 is 0 Å². The second-order valence-electron chi connectivity index (χ2n) is 4.95. The van der Waals surface area contributed by atoms with Gasteiger partial charge in [0.25, 0.3) is 0 Å². The molecule has 0 saturated carbocycles. The van der Waals surface area contributed by atoms with Crippen LogP contribution in [0.4, 0.5) is 11.4 Å². The minimum Gasteiger partial charge on any atom is -0.396 e. The van der Waals surface area contributed by atoms with E-state index in [1.807, 2.05) is 0 Å². The summed E-state index contributed by atoms with van der Waals surface area (Å²) in [6.45, 7) is 1.77. The summed E-state index contributed by atoms with van der Waals surface area (Å²) in [4.78, 5) is 12.0. The van der Waals surface area contributed by atoms with Gasteiger partial charge in [-0.25, -0.2) is 8.42 Å². The maximum atomic E-state index is 12.0. The molecule has 118 valence electrons. The van der Waals surface area contributed by atoms with Crippen molar-refractivity contribution in [3.63, 3.8) is 0 Å². The number of nitrogen functional groups attached to an aromatic ring is 1. The Morgan fingerprint density at radius 3 is 2.38 bits per heavy atom. The molecule has 0 aliphatic heterocycles. The Hall–Kier alpha value is -1.64. The molecule has 0 saturated heterocycles. The zero-order chi connectivity index (χ0) is 16.3. The lowest BCUT2D eigenvalue weighted by atomic mass is 9.92. The van der Waals surface area contributed by atoms with Crippen molar-refractivity contribution in [2.45, 2.75) is 18.7 Å². The van der Waals surface area contributed by atoms with Crippen molar-refractivity contribution in [1.29, 1.82) is 0 Å². The van der Waals surface area contributed by atoms with Gasteiger partial charge in [-0.05, 0) is 19.1 Å². The monoisotopic (exact) mass is 316 g/mol. The number of hydrogen-bond acceptors (Lipinski definition) is 6. The third-order valence-corrected chi connectivity index (χ3v) is 5.06. The summed E-state index contributed by atoms with van der Waals surface area (Å²) in [6.07, 6.45) is 0. The predicted octanol–water partition coefficient (Wildman–Crippen LogP) is -0.00820. The fourth-order valence-corrected chi connectivity index (χ4v) is 2.59. The molecule has 0 fully saturated rings. The maximum Gasteiger partial charge on any atom is 0.235 e. The molecule has 0 aromatic heterocycles.